The second-order valence-corrected chi connectivity index (χ2v) is 4.11. The van der Waals surface area contributed by atoms with Crippen LogP contribution in [0.15, 0.2) is 24.3 Å². The first-order valence-electron chi connectivity index (χ1n) is 5.28. The molecule has 0 aliphatic heterocycles. The molecule has 1 aromatic rings. The van der Waals surface area contributed by atoms with Crippen molar-refractivity contribution in [1.82, 2.24) is 10.4 Å². The number of carbonyl (C=O) groups excluding carboxylic acids is 1. The van der Waals surface area contributed by atoms with E-state index in [1.807, 2.05) is 31.2 Å². The van der Waals surface area contributed by atoms with Gasteiger partial charge in [0.2, 0.25) is 0 Å². The van der Waals surface area contributed by atoms with Gasteiger partial charge in [-0.05, 0) is 24.5 Å². The molecular weight excluding hydrogens is 202 g/mol. The summed E-state index contributed by atoms with van der Waals surface area (Å²) in [6.45, 7) is 2.02. The predicted octanol–water partition coefficient (Wildman–Crippen LogP) is 0.458. The van der Waals surface area contributed by atoms with Crippen molar-refractivity contribution in [2.75, 3.05) is 14.1 Å². The first kappa shape index (κ1) is 12.7. The van der Waals surface area contributed by atoms with Crippen molar-refractivity contribution in [3.05, 3.63) is 35.4 Å². The average molecular weight is 221 g/mol. The summed E-state index contributed by atoms with van der Waals surface area (Å²) in [4.78, 5) is 11.6. The number of rotatable bonds is 4. The number of aryl methyl sites for hydroxylation is 1. The fraction of sp³-hybridized carbons (Fsp3) is 0.417. The topological polar surface area (TPSA) is 58.4 Å². The summed E-state index contributed by atoms with van der Waals surface area (Å²) in [5.74, 6) is -0.159. The Kier molecular flexibility index (Phi) is 4.46. The lowest BCUT2D eigenvalue weighted by atomic mass is 10.0. The van der Waals surface area contributed by atoms with Gasteiger partial charge in [0.25, 0.3) is 5.91 Å². The average Bonchev–Trinajstić information content (AvgIpc) is 2.20. The zero-order valence-corrected chi connectivity index (χ0v) is 10.0. The highest BCUT2D eigenvalue weighted by atomic mass is 16.2. The third kappa shape index (κ3) is 3.64. The molecule has 4 heteroatoms. The van der Waals surface area contributed by atoms with Crippen molar-refractivity contribution >= 4 is 5.91 Å². The SMILES string of the molecule is Cc1ccccc1CC(N)C(=O)NN(C)C. The van der Waals surface area contributed by atoms with Crippen LogP contribution in [0, 0.1) is 6.92 Å². The van der Waals surface area contributed by atoms with Gasteiger partial charge in [-0.1, -0.05) is 24.3 Å². The number of carbonyl (C=O) groups is 1. The third-order valence-corrected chi connectivity index (χ3v) is 2.37. The number of benzene rings is 1. The lowest BCUT2D eigenvalue weighted by Crippen LogP contribution is -2.47. The van der Waals surface area contributed by atoms with Crippen LogP contribution in [0.4, 0.5) is 0 Å². The van der Waals surface area contributed by atoms with E-state index in [1.54, 1.807) is 19.1 Å². The van der Waals surface area contributed by atoms with Gasteiger partial charge in [-0.25, -0.2) is 5.01 Å². The zero-order chi connectivity index (χ0) is 12.1. The van der Waals surface area contributed by atoms with Gasteiger partial charge in [-0.2, -0.15) is 0 Å². The summed E-state index contributed by atoms with van der Waals surface area (Å²) in [5.41, 5.74) is 10.8. The lowest BCUT2D eigenvalue weighted by molar-refractivity contribution is -0.126. The molecule has 1 unspecified atom stereocenters. The Balaban J connectivity index is 2.61. The first-order chi connectivity index (χ1) is 7.50. The largest absolute Gasteiger partial charge is 0.320 e. The van der Waals surface area contributed by atoms with Crippen LogP contribution < -0.4 is 11.2 Å². The molecule has 1 amide bonds. The maximum Gasteiger partial charge on any atom is 0.251 e. The maximum absolute atomic E-state index is 11.6. The van der Waals surface area contributed by atoms with Crippen LogP contribution in [0.3, 0.4) is 0 Å². The van der Waals surface area contributed by atoms with Crippen LogP contribution in [0.25, 0.3) is 0 Å². The molecule has 0 aliphatic rings. The van der Waals surface area contributed by atoms with Crippen LogP contribution >= 0.6 is 0 Å². The molecule has 1 aromatic carbocycles. The fourth-order valence-electron chi connectivity index (χ4n) is 1.47. The minimum Gasteiger partial charge on any atom is -0.320 e. The quantitative estimate of drug-likeness (QED) is 0.726. The second kappa shape index (κ2) is 5.63. The number of amides is 1. The monoisotopic (exact) mass is 221 g/mol. The molecule has 0 radical (unpaired) electrons. The van der Waals surface area contributed by atoms with Crippen molar-refractivity contribution in [3.63, 3.8) is 0 Å². The van der Waals surface area contributed by atoms with E-state index in [-0.39, 0.29) is 5.91 Å². The molecule has 0 spiro atoms. The summed E-state index contributed by atoms with van der Waals surface area (Å²) in [5, 5.41) is 1.60. The normalized spacial score (nSPS) is 12.6. The predicted molar refractivity (Wildman–Crippen MR) is 64.7 cm³/mol. The van der Waals surface area contributed by atoms with Gasteiger partial charge in [0.05, 0.1) is 6.04 Å². The van der Waals surface area contributed by atoms with Crippen LogP contribution in [0.1, 0.15) is 11.1 Å². The minimum absolute atomic E-state index is 0.159. The van der Waals surface area contributed by atoms with Gasteiger partial charge in [-0.15, -0.1) is 0 Å². The number of nitrogens with zero attached hydrogens (tertiary/aromatic N) is 1. The molecule has 0 heterocycles. The Hall–Kier alpha value is -1.39. The highest BCUT2D eigenvalue weighted by molar-refractivity contribution is 5.81. The second-order valence-electron chi connectivity index (χ2n) is 4.11. The van der Waals surface area contributed by atoms with Crippen molar-refractivity contribution in [3.8, 4) is 0 Å². The molecule has 3 N–H and O–H groups in total. The number of nitrogens with one attached hydrogen (secondary N) is 1. The third-order valence-electron chi connectivity index (χ3n) is 2.37. The molecule has 1 rings (SSSR count). The van der Waals surface area contributed by atoms with Crippen molar-refractivity contribution in [1.29, 1.82) is 0 Å². The van der Waals surface area contributed by atoms with E-state index in [4.69, 9.17) is 5.73 Å². The molecule has 88 valence electrons. The van der Waals surface area contributed by atoms with Crippen LogP contribution in [0.2, 0.25) is 0 Å². The van der Waals surface area contributed by atoms with Gasteiger partial charge in [0, 0.05) is 14.1 Å². The van der Waals surface area contributed by atoms with Gasteiger partial charge in [-0.3, -0.25) is 10.2 Å². The van der Waals surface area contributed by atoms with Crippen molar-refractivity contribution in [2.45, 2.75) is 19.4 Å². The summed E-state index contributed by atoms with van der Waals surface area (Å²) < 4.78 is 0. The Morgan fingerprint density at radius 3 is 2.62 bits per heavy atom. The Labute approximate surface area is 96.4 Å². The van der Waals surface area contributed by atoms with Crippen molar-refractivity contribution in [2.24, 2.45) is 5.73 Å². The maximum atomic E-state index is 11.6. The van der Waals surface area contributed by atoms with E-state index < -0.39 is 6.04 Å². The Morgan fingerprint density at radius 1 is 1.44 bits per heavy atom. The molecule has 16 heavy (non-hydrogen) atoms. The molecule has 4 nitrogen and oxygen atoms in total. The lowest BCUT2D eigenvalue weighted by Gasteiger charge is -2.17. The fourth-order valence-corrected chi connectivity index (χ4v) is 1.47. The van der Waals surface area contributed by atoms with E-state index in [1.165, 1.54) is 0 Å². The van der Waals surface area contributed by atoms with Crippen molar-refractivity contribution < 1.29 is 4.79 Å². The van der Waals surface area contributed by atoms with Gasteiger partial charge >= 0.3 is 0 Å². The summed E-state index contributed by atoms with van der Waals surface area (Å²) >= 11 is 0. The standard InChI is InChI=1S/C12H19N3O/c1-9-6-4-5-7-10(9)8-11(13)12(16)14-15(2)3/h4-7,11H,8,13H2,1-3H3,(H,14,16). The summed E-state index contributed by atoms with van der Waals surface area (Å²) in [7, 11) is 3.52. The Morgan fingerprint density at radius 2 is 2.06 bits per heavy atom. The van der Waals surface area contributed by atoms with E-state index in [2.05, 4.69) is 5.43 Å². The first-order valence-corrected chi connectivity index (χ1v) is 5.28. The molecule has 0 saturated heterocycles. The molecular formula is C12H19N3O. The molecule has 0 saturated carbocycles. The molecule has 0 aromatic heterocycles. The number of nitrogens with two attached hydrogens (primary N) is 1. The van der Waals surface area contributed by atoms with Crippen LogP contribution in [0.5, 0.6) is 0 Å². The summed E-state index contributed by atoms with van der Waals surface area (Å²) in [6, 6.07) is 7.44. The highest BCUT2D eigenvalue weighted by Crippen LogP contribution is 2.08. The molecule has 0 fully saturated rings. The minimum atomic E-state index is -0.511. The number of hydrogen-bond acceptors (Lipinski definition) is 3. The molecule has 0 bridgehead atoms. The van der Waals surface area contributed by atoms with E-state index in [0.717, 1.165) is 11.1 Å². The van der Waals surface area contributed by atoms with E-state index in [0.29, 0.717) is 6.42 Å². The Bertz CT molecular complexity index is 363. The number of hydrazine groups is 1. The van der Waals surface area contributed by atoms with E-state index in [9.17, 15) is 4.79 Å². The van der Waals surface area contributed by atoms with E-state index >= 15 is 0 Å². The van der Waals surface area contributed by atoms with Gasteiger partial charge in [0.15, 0.2) is 0 Å². The molecule has 0 aliphatic carbocycles. The summed E-state index contributed by atoms with van der Waals surface area (Å²) in [6.07, 6.45) is 0.562. The molecule has 1 atom stereocenters. The van der Waals surface area contributed by atoms with Gasteiger partial charge < -0.3 is 5.73 Å². The smallest absolute Gasteiger partial charge is 0.251 e. The van der Waals surface area contributed by atoms with Crippen LogP contribution in [-0.2, 0) is 11.2 Å². The van der Waals surface area contributed by atoms with Gasteiger partial charge in [0.1, 0.15) is 0 Å². The van der Waals surface area contributed by atoms with Crippen LogP contribution in [-0.4, -0.2) is 31.1 Å². The zero-order valence-electron chi connectivity index (χ0n) is 10.0. The number of hydrogen-bond donors (Lipinski definition) is 2. The highest BCUT2D eigenvalue weighted by Gasteiger charge is 2.14.